The second-order valence-electron chi connectivity index (χ2n) is 12.6. The number of anilines is 1. The number of benzene rings is 2. The Kier molecular flexibility index (Phi) is 21.8. The first-order chi connectivity index (χ1) is 23.0. The predicted octanol–water partition coefficient (Wildman–Crippen LogP) is 11.1. The molecule has 0 bridgehead atoms. The van der Waals surface area contributed by atoms with E-state index < -0.39 is 17.9 Å². The van der Waals surface area contributed by atoms with Crippen LogP contribution in [0.5, 0.6) is 5.75 Å². The van der Waals surface area contributed by atoms with E-state index in [1.54, 1.807) is 24.3 Å². The molecule has 2 aromatic rings. The Morgan fingerprint density at radius 1 is 0.511 bits per heavy atom. The number of nitrogens with one attached hydrogen (secondary N) is 1. The molecule has 0 fully saturated rings. The number of carbonyl (C=O) groups excluding carboxylic acids is 3. The molecular formula is C40H61NO6. The summed E-state index contributed by atoms with van der Waals surface area (Å²) in [5.74, 6) is -1.48. The van der Waals surface area contributed by atoms with Crippen molar-refractivity contribution in [3.05, 3.63) is 59.2 Å². The monoisotopic (exact) mass is 651 g/mol. The highest BCUT2D eigenvalue weighted by Gasteiger charge is 2.23. The minimum Gasteiger partial charge on any atom is -0.462 e. The first kappa shape index (κ1) is 39.8. The lowest BCUT2D eigenvalue weighted by atomic mass is 10.0. The molecule has 0 aliphatic carbocycles. The van der Waals surface area contributed by atoms with Crippen LogP contribution < -0.4 is 10.1 Å². The molecular weight excluding hydrogens is 590 g/mol. The smallest absolute Gasteiger partial charge is 0.343 e. The van der Waals surface area contributed by atoms with E-state index in [1.807, 2.05) is 7.05 Å². The largest absolute Gasteiger partial charge is 0.462 e. The summed E-state index contributed by atoms with van der Waals surface area (Å²) in [6.45, 7) is 5.01. The molecule has 0 amide bonds. The first-order valence-corrected chi connectivity index (χ1v) is 18.5. The molecule has 0 heterocycles. The van der Waals surface area contributed by atoms with E-state index in [-0.39, 0.29) is 29.9 Å². The molecule has 262 valence electrons. The molecule has 7 nitrogen and oxygen atoms in total. The standard InChI is InChI=1S/C40H61NO6/c1-4-6-8-10-12-14-16-18-20-22-30-45-39(43)36-29-24-33(38(42)47-35-27-25-34(41-3)26-28-35)32-37(36)40(44)46-31-23-21-19-17-15-13-11-9-7-5-2/h24-29,32,41H,4-23,30-31H2,1-3H3. The Bertz CT molecular complexity index is 1150. The molecule has 0 saturated heterocycles. The average Bonchev–Trinajstić information content (AvgIpc) is 3.09. The van der Waals surface area contributed by atoms with Crippen LogP contribution in [0.25, 0.3) is 0 Å². The molecule has 47 heavy (non-hydrogen) atoms. The van der Waals surface area contributed by atoms with Crippen molar-refractivity contribution in [2.45, 2.75) is 142 Å². The Morgan fingerprint density at radius 3 is 1.38 bits per heavy atom. The maximum Gasteiger partial charge on any atom is 0.343 e. The fourth-order valence-corrected chi connectivity index (χ4v) is 5.54. The van der Waals surface area contributed by atoms with E-state index in [4.69, 9.17) is 14.2 Å². The van der Waals surface area contributed by atoms with Gasteiger partial charge in [0.2, 0.25) is 0 Å². The highest BCUT2D eigenvalue weighted by atomic mass is 16.5. The van der Waals surface area contributed by atoms with Crippen LogP contribution in [0.3, 0.4) is 0 Å². The van der Waals surface area contributed by atoms with E-state index in [9.17, 15) is 14.4 Å². The average molecular weight is 652 g/mol. The third-order valence-corrected chi connectivity index (χ3v) is 8.51. The zero-order valence-corrected chi connectivity index (χ0v) is 29.5. The van der Waals surface area contributed by atoms with Crippen molar-refractivity contribution >= 4 is 23.6 Å². The maximum absolute atomic E-state index is 13.2. The maximum atomic E-state index is 13.2. The highest BCUT2D eigenvalue weighted by molar-refractivity contribution is 6.05. The van der Waals surface area contributed by atoms with Gasteiger partial charge in [-0.3, -0.25) is 0 Å². The summed E-state index contributed by atoms with van der Waals surface area (Å²) >= 11 is 0. The molecule has 7 heteroatoms. The summed E-state index contributed by atoms with van der Waals surface area (Å²) in [5, 5.41) is 3.02. The van der Waals surface area contributed by atoms with Crippen LogP contribution in [-0.2, 0) is 9.47 Å². The van der Waals surface area contributed by atoms with Gasteiger partial charge >= 0.3 is 17.9 Å². The summed E-state index contributed by atoms with van der Waals surface area (Å²) in [6.07, 6.45) is 23.7. The molecule has 0 aliphatic heterocycles. The van der Waals surface area contributed by atoms with E-state index in [0.717, 1.165) is 44.2 Å². The molecule has 0 aliphatic rings. The number of ether oxygens (including phenoxy) is 3. The number of hydrogen-bond acceptors (Lipinski definition) is 7. The van der Waals surface area contributed by atoms with Crippen molar-refractivity contribution in [2.24, 2.45) is 0 Å². The summed E-state index contributed by atoms with van der Waals surface area (Å²) < 4.78 is 16.6. The predicted molar refractivity (Wildman–Crippen MR) is 192 cm³/mol. The van der Waals surface area contributed by atoms with Gasteiger partial charge in [-0.2, -0.15) is 0 Å². The van der Waals surface area contributed by atoms with Crippen molar-refractivity contribution < 1.29 is 28.6 Å². The second kappa shape index (κ2) is 25.7. The minimum absolute atomic E-state index is 0.0186. The molecule has 0 radical (unpaired) electrons. The Morgan fingerprint density at radius 2 is 0.936 bits per heavy atom. The van der Waals surface area contributed by atoms with E-state index in [0.29, 0.717) is 5.75 Å². The summed E-state index contributed by atoms with van der Waals surface area (Å²) in [5.41, 5.74) is 1.16. The van der Waals surface area contributed by atoms with Gasteiger partial charge in [0, 0.05) is 12.7 Å². The third kappa shape index (κ3) is 17.4. The number of unbranched alkanes of at least 4 members (excludes halogenated alkanes) is 18. The van der Waals surface area contributed by atoms with Crippen molar-refractivity contribution in [2.75, 3.05) is 25.6 Å². The van der Waals surface area contributed by atoms with Crippen molar-refractivity contribution in [1.82, 2.24) is 0 Å². The van der Waals surface area contributed by atoms with Crippen molar-refractivity contribution in [1.29, 1.82) is 0 Å². The Hall–Kier alpha value is -3.35. The number of esters is 3. The molecule has 0 atom stereocenters. The summed E-state index contributed by atoms with van der Waals surface area (Å²) in [4.78, 5) is 39.2. The molecule has 0 aromatic heterocycles. The van der Waals surface area contributed by atoms with Crippen LogP contribution in [-0.4, -0.2) is 38.2 Å². The van der Waals surface area contributed by atoms with Crippen LogP contribution >= 0.6 is 0 Å². The van der Waals surface area contributed by atoms with Gasteiger partial charge in [0.25, 0.3) is 0 Å². The van der Waals surface area contributed by atoms with Gasteiger partial charge in [-0.1, -0.05) is 129 Å². The molecule has 0 saturated carbocycles. The number of hydrogen-bond donors (Lipinski definition) is 1. The third-order valence-electron chi connectivity index (χ3n) is 8.51. The van der Waals surface area contributed by atoms with Gasteiger partial charge in [-0.05, 0) is 55.3 Å². The first-order valence-electron chi connectivity index (χ1n) is 18.5. The fraction of sp³-hybridized carbons (Fsp3) is 0.625. The van der Waals surface area contributed by atoms with Crippen LogP contribution in [0.2, 0.25) is 0 Å². The molecule has 2 aromatic carbocycles. The SMILES string of the molecule is CCCCCCCCCCCCOC(=O)c1ccc(C(=O)Oc2ccc(NC)cc2)cc1C(=O)OCCCCCCCCCCCC. The molecule has 0 spiro atoms. The number of carbonyl (C=O) groups is 3. The van der Waals surface area contributed by atoms with Crippen LogP contribution in [0.15, 0.2) is 42.5 Å². The van der Waals surface area contributed by atoms with Gasteiger partial charge in [0.1, 0.15) is 5.75 Å². The summed E-state index contributed by atoms with van der Waals surface area (Å²) in [7, 11) is 1.81. The van der Waals surface area contributed by atoms with Crippen molar-refractivity contribution in [3.8, 4) is 5.75 Å². The van der Waals surface area contributed by atoms with Gasteiger partial charge in [-0.15, -0.1) is 0 Å². The Labute approximate surface area is 284 Å². The van der Waals surface area contributed by atoms with E-state index in [2.05, 4.69) is 19.2 Å². The molecule has 1 N–H and O–H groups in total. The van der Waals surface area contributed by atoms with Crippen molar-refractivity contribution in [3.63, 3.8) is 0 Å². The molecule has 0 unspecified atom stereocenters. The van der Waals surface area contributed by atoms with Crippen LogP contribution in [0.4, 0.5) is 5.69 Å². The summed E-state index contributed by atoms with van der Waals surface area (Å²) in [6, 6.07) is 11.3. The zero-order chi connectivity index (χ0) is 34.0. The number of rotatable bonds is 27. The van der Waals surface area contributed by atoms with Gasteiger partial charge < -0.3 is 19.5 Å². The quantitative estimate of drug-likeness (QED) is 0.0584. The minimum atomic E-state index is -0.639. The highest BCUT2D eigenvalue weighted by Crippen LogP contribution is 2.20. The zero-order valence-electron chi connectivity index (χ0n) is 29.5. The molecule has 2 rings (SSSR count). The topological polar surface area (TPSA) is 90.9 Å². The van der Waals surface area contributed by atoms with Gasteiger partial charge in [0.15, 0.2) is 0 Å². The van der Waals surface area contributed by atoms with Crippen LogP contribution in [0.1, 0.15) is 173 Å². The normalized spacial score (nSPS) is 10.9. The fourth-order valence-electron chi connectivity index (χ4n) is 5.54. The lowest BCUT2D eigenvalue weighted by Crippen LogP contribution is -2.17. The Balaban J connectivity index is 1.90. The lowest BCUT2D eigenvalue weighted by Gasteiger charge is -2.12. The van der Waals surface area contributed by atoms with E-state index >= 15 is 0 Å². The lowest BCUT2D eigenvalue weighted by molar-refractivity contribution is 0.0450. The van der Waals surface area contributed by atoms with Crippen LogP contribution in [0, 0.1) is 0 Å². The van der Waals surface area contributed by atoms with Gasteiger partial charge in [-0.25, -0.2) is 14.4 Å². The van der Waals surface area contributed by atoms with Gasteiger partial charge in [0.05, 0.1) is 29.9 Å². The second-order valence-corrected chi connectivity index (χ2v) is 12.6. The van der Waals surface area contributed by atoms with E-state index in [1.165, 1.54) is 108 Å².